The SMILES string of the molecule is Cc1cc(C)nc(NS(=O)(=O)c2ccc(NC(=O)C(C)(I)CI)cc2)n1. The number of hydrogen-bond donors (Lipinski definition) is 2. The maximum absolute atomic E-state index is 12.5. The third-order valence-corrected chi connectivity index (χ3v) is 8.56. The van der Waals surface area contributed by atoms with Gasteiger partial charge >= 0.3 is 0 Å². The molecule has 1 atom stereocenters. The van der Waals surface area contributed by atoms with Crippen LogP contribution in [-0.4, -0.2) is 32.1 Å². The molecule has 2 aromatic rings. The molecule has 1 unspecified atom stereocenters. The lowest BCUT2D eigenvalue weighted by molar-refractivity contribution is -0.117. The van der Waals surface area contributed by atoms with Crippen molar-refractivity contribution in [2.45, 2.75) is 29.1 Å². The number of rotatable bonds is 6. The molecule has 0 saturated carbocycles. The van der Waals surface area contributed by atoms with E-state index in [9.17, 15) is 13.2 Å². The quantitative estimate of drug-likeness (QED) is 0.391. The van der Waals surface area contributed by atoms with Gasteiger partial charge in [0.25, 0.3) is 10.0 Å². The predicted molar refractivity (Wildman–Crippen MR) is 119 cm³/mol. The van der Waals surface area contributed by atoms with E-state index in [2.05, 4.69) is 65.2 Å². The Labute approximate surface area is 180 Å². The van der Waals surface area contributed by atoms with Crippen LogP contribution in [0.1, 0.15) is 18.3 Å². The second-order valence-corrected chi connectivity index (χ2v) is 10.7. The van der Waals surface area contributed by atoms with E-state index in [1.807, 2.05) is 6.92 Å². The molecule has 26 heavy (non-hydrogen) atoms. The summed E-state index contributed by atoms with van der Waals surface area (Å²) in [5.41, 5.74) is 1.88. The lowest BCUT2D eigenvalue weighted by atomic mass is 10.2. The normalized spacial score (nSPS) is 13.7. The lowest BCUT2D eigenvalue weighted by Gasteiger charge is -2.18. The Kier molecular flexibility index (Phi) is 6.82. The van der Waals surface area contributed by atoms with E-state index in [0.29, 0.717) is 21.5 Å². The van der Waals surface area contributed by atoms with Crippen LogP contribution in [0.15, 0.2) is 35.2 Å². The van der Waals surface area contributed by atoms with Crippen LogP contribution in [0.4, 0.5) is 11.6 Å². The second kappa shape index (κ2) is 8.33. The zero-order chi connectivity index (χ0) is 19.5. The molecule has 0 spiro atoms. The lowest BCUT2D eigenvalue weighted by Crippen LogP contribution is -2.35. The Hall–Kier alpha value is -1.02. The van der Waals surface area contributed by atoms with Gasteiger partial charge in [0.1, 0.15) is 3.42 Å². The van der Waals surface area contributed by atoms with Crippen LogP contribution in [0.5, 0.6) is 0 Å². The fourth-order valence-electron chi connectivity index (χ4n) is 1.99. The van der Waals surface area contributed by atoms with Gasteiger partial charge in [-0.3, -0.25) is 4.79 Å². The van der Waals surface area contributed by atoms with Crippen molar-refractivity contribution in [3.8, 4) is 0 Å². The number of alkyl halides is 2. The fraction of sp³-hybridized carbons (Fsp3) is 0.312. The van der Waals surface area contributed by atoms with Crippen LogP contribution >= 0.6 is 45.2 Å². The van der Waals surface area contributed by atoms with Crippen LogP contribution in [-0.2, 0) is 14.8 Å². The van der Waals surface area contributed by atoms with Crippen molar-refractivity contribution in [1.29, 1.82) is 0 Å². The van der Waals surface area contributed by atoms with E-state index < -0.39 is 13.4 Å². The van der Waals surface area contributed by atoms with Crippen molar-refractivity contribution in [2.24, 2.45) is 0 Å². The minimum absolute atomic E-state index is 0.0302. The van der Waals surface area contributed by atoms with Gasteiger partial charge in [-0.15, -0.1) is 0 Å². The molecule has 1 amide bonds. The average molecular weight is 600 g/mol. The number of anilines is 2. The van der Waals surface area contributed by atoms with Crippen LogP contribution < -0.4 is 10.0 Å². The summed E-state index contributed by atoms with van der Waals surface area (Å²) in [5.74, 6) is -0.104. The van der Waals surface area contributed by atoms with E-state index >= 15 is 0 Å². The van der Waals surface area contributed by atoms with Gasteiger partial charge in [-0.1, -0.05) is 45.2 Å². The third-order valence-electron chi connectivity index (χ3n) is 3.35. The topological polar surface area (TPSA) is 101 Å². The van der Waals surface area contributed by atoms with E-state index in [1.54, 1.807) is 32.0 Å². The molecule has 2 N–H and O–H groups in total. The maximum Gasteiger partial charge on any atom is 0.264 e. The predicted octanol–water partition coefficient (Wildman–Crippen LogP) is 3.46. The Bertz CT molecular complexity index is 895. The molecule has 140 valence electrons. The van der Waals surface area contributed by atoms with Crippen molar-refractivity contribution < 1.29 is 13.2 Å². The summed E-state index contributed by atoms with van der Waals surface area (Å²) in [6.45, 7) is 5.36. The fourth-order valence-corrected chi connectivity index (χ4v) is 3.42. The molecule has 1 aromatic heterocycles. The van der Waals surface area contributed by atoms with Crippen molar-refractivity contribution in [2.75, 3.05) is 14.5 Å². The summed E-state index contributed by atoms with van der Waals surface area (Å²) < 4.78 is 27.5. The highest BCUT2D eigenvalue weighted by molar-refractivity contribution is 14.1. The number of nitrogens with zero attached hydrogens (tertiary/aromatic N) is 2. The molecule has 1 aromatic carbocycles. The van der Waals surface area contributed by atoms with Gasteiger partial charge in [-0.05, 0) is 51.1 Å². The van der Waals surface area contributed by atoms with Gasteiger partial charge in [-0.2, -0.15) is 0 Å². The number of aryl methyl sites for hydroxylation is 2. The minimum Gasteiger partial charge on any atom is -0.325 e. The van der Waals surface area contributed by atoms with Crippen LogP contribution in [0.3, 0.4) is 0 Å². The Morgan fingerprint density at radius 3 is 2.19 bits per heavy atom. The number of aromatic nitrogens is 2. The van der Waals surface area contributed by atoms with E-state index in [0.717, 1.165) is 0 Å². The molecular weight excluding hydrogens is 582 g/mol. The highest BCUT2D eigenvalue weighted by atomic mass is 127. The summed E-state index contributed by atoms with van der Waals surface area (Å²) in [6, 6.07) is 7.71. The Balaban J connectivity index is 2.17. The molecular formula is C16H18I2N4O3S. The largest absolute Gasteiger partial charge is 0.325 e. The number of carbonyl (C=O) groups excluding carboxylic acids is 1. The van der Waals surface area contributed by atoms with Crippen LogP contribution in [0, 0.1) is 13.8 Å². The summed E-state index contributed by atoms with van der Waals surface area (Å²) in [4.78, 5) is 20.4. The standard InChI is InChI=1S/C16H18I2N4O3S/c1-10-8-11(2)20-15(19-10)22-26(24,25)13-6-4-12(5-7-13)21-14(23)16(3,18)9-17/h4-8H,9H2,1-3H3,(H,21,23)(H,19,20,22). The summed E-state index contributed by atoms with van der Waals surface area (Å²) in [7, 11) is -3.82. The van der Waals surface area contributed by atoms with E-state index in [4.69, 9.17) is 0 Å². The molecule has 10 heteroatoms. The first kappa shape index (κ1) is 21.3. The Morgan fingerprint density at radius 2 is 1.69 bits per heavy atom. The molecule has 0 radical (unpaired) electrons. The number of nitrogens with one attached hydrogen (secondary N) is 2. The van der Waals surface area contributed by atoms with Crippen LogP contribution in [0.25, 0.3) is 0 Å². The van der Waals surface area contributed by atoms with Crippen molar-refractivity contribution in [3.05, 3.63) is 41.7 Å². The van der Waals surface area contributed by atoms with Gasteiger partial charge in [0.2, 0.25) is 11.9 Å². The molecule has 0 aliphatic rings. The molecule has 0 bridgehead atoms. The first-order valence-electron chi connectivity index (χ1n) is 7.55. The van der Waals surface area contributed by atoms with Gasteiger partial charge in [0.15, 0.2) is 0 Å². The number of hydrogen-bond acceptors (Lipinski definition) is 5. The monoisotopic (exact) mass is 600 g/mol. The van der Waals surface area contributed by atoms with E-state index in [1.165, 1.54) is 12.1 Å². The third kappa shape index (κ3) is 5.49. The van der Waals surface area contributed by atoms with Gasteiger partial charge in [0.05, 0.1) is 4.90 Å². The van der Waals surface area contributed by atoms with Crippen molar-refractivity contribution in [3.63, 3.8) is 0 Å². The van der Waals surface area contributed by atoms with Crippen LogP contribution in [0.2, 0.25) is 0 Å². The smallest absolute Gasteiger partial charge is 0.264 e. The average Bonchev–Trinajstić information content (AvgIpc) is 2.53. The molecule has 0 saturated heterocycles. The van der Waals surface area contributed by atoms with Gasteiger partial charge < -0.3 is 5.32 Å². The highest BCUT2D eigenvalue weighted by Crippen LogP contribution is 2.24. The van der Waals surface area contributed by atoms with E-state index in [-0.39, 0.29) is 16.8 Å². The first-order chi connectivity index (χ1) is 12.0. The number of carbonyl (C=O) groups is 1. The second-order valence-electron chi connectivity index (χ2n) is 5.89. The zero-order valence-corrected chi connectivity index (χ0v) is 19.5. The summed E-state index contributed by atoms with van der Waals surface area (Å²) in [6.07, 6.45) is 0. The van der Waals surface area contributed by atoms with Gasteiger partial charge in [-0.25, -0.2) is 23.1 Å². The van der Waals surface area contributed by atoms with Crippen molar-refractivity contribution >= 4 is 72.7 Å². The summed E-state index contributed by atoms with van der Waals surface area (Å²) in [5, 5.41) is 2.79. The maximum atomic E-state index is 12.5. The molecule has 0 aliphatic carbocycles. The van der Waals surface area contributed by atoms with Gasteiger partial charge in [0, 0.05) is 21.5 Å². The molecule has 7 nitrogen and oxygen atoms in total. The zero-order valence-electron chi connectivity index (χ0n) is 14.4. The molecule has 2 rings (SSSR count). The van der Waals surface area contributed by atoms with Crippen molar-refractivity contribution in [1.82, 2.24) is 9.97 Å². The number of halogens is 2. The number of benzene rings is 1. The molecule has 1 heterocycles. The molecule has 0 fully saturated rings. The summed E-state index contributed by atoms with van der Waals surface area (Å²) >= 11 is 4.24. The highest BCUT2D eigenvalue weighted by Gasteiger charge is 2.28. The first-order valence-corrected chi connectivity index (χ1v) is 11.6. The number of amides is 1. The Morgan fingerprint density at radius 1 is 1.15 bits per heavy atom. The minimum atomic E-state index is -3.82. The molecule has 0 aliphatic heterocycles. The number of sulfonamides is 1.